The summed E-state index contributed by atoms with van der Waals surface area (Å²) in [5, 5.41) is 23.2. The maximum Gasteiger partial charge on any atom is 0.305 e. The van der Waals surface area contributed by atoms with Crippen molar-refractivity contribution in [2.75, 3.05) is 13.2 Å². The van der Waals surface area contributed by atoms with Crippen LogP contribution in [-0.4, -0.2) is 47.4 Å². The largest absolute Gasteiger partial charge is 0.466 e. The van der Waals surface area contributed by atoms with Crippen molar-refractivity contribution in [2.45, 2.75) is 386 Å². The van der Waals surface area contributed by atoms with Gasteiger partial charge in [0, 0.05) is 12.8 Å². The zero-order chi connectivity index (χ0) is 55.0. The average molecular weight is 1070 g/mol. The highest BCUT2D eigenvalue weighted by Crippen LogP contribution is 2.18. The van der Waals surface area contributed by atoms with Crippen molar-refractivity contribution in [2.24, 2.45) is 0 Å². The van der Waals surface area contributed by atoms with Crippen LogP contribution >= 0.6 is 0 Å². The molecule has 0 aromatic heterocycles. The van der Waals surface area contributed by atoms with Gasteiger partial charge in [0.1, 0.15) is 0 Å². The first-order valence-electron chi connectivity index (χ1n) is 34.3. The molecule has 3 N–H and O–H groups in total. The van der Waals surface area contributed by atoms with Gasteiger partial charge in [-0.2, -0.15) is 0 Å². The predicted octanol–water partition coefficient (Wildman–Crippen LogP) is 21.9. The van der Waals surface area contributed by atoms with E-state index < -0.39 is 12.1 Å². The summed E-state index contributed by atoms with van der Waals surface area (Å²) in [7, 11) is 0. The Morgan fingerprint density at radius 3 is 1.00 bits per heavy atom. The number of carbonyl (C=O) groups is 2. The topological polar surface area (TPSA) is 95.9 Å². The zero-order valence-corrected chi connectivity index (χ0v) is 51.3. The molecule has 0 radical (unpaired) electrons. The molecule has 0 fully saturated rings. The van der Waals surface area contributed by atoms with E-state index in [1.54, 1.807) is 6.08 Å². The van der Waals surface area contributed by atoms with Crippen molar-refractivity contribution in [1.29, 1.82) is 0 Å². The summed E-state index contributed by atoms with van der Waals surface area (Å²) in [5.41, 5.74) is 0. The van der Waals surface area contributed by atoms with Crippen LogP contribution in [-0.2, 0) is 14.3 Å². The Kier molecular flexibility index (Phi) is 63.9. The van der Waals surface area contributed by atoms with Gasteiger partial charge in [-0.25, -0.2) is 0 Å². The molecule has 0 aromatic rings. The minimum Gasteiger partial charge on any atom is -0.466 e. The molecular formula is C70H133NO5. The molecule has 0 rings (SSSR count). The van der Waals surface area contributed by atoms with E-state index in [1.807, 2.05) is 6.08 Å². The van der Waals surface area contributed by atoms with E-state index >= 15 is 0 Å². The number of nitrogens with one attached hydrogen (secondary N) is 1. The van der Waals surface area contributed by atoms with Crippen LogP contribution in [0, 0.1) is 0 Å². The van der Waals surface area contributed by atoms with Crippen molar-refractivity contribution in [3.8, 4) is 0 Å². The van der Waals surface area contributed by atoms with E-state index in [0.29, 0.717) is 19.4 Å². The predicted molar refractivity (Wildman–Crippen MR) is 333 cm³/mol. The number of hydrogen-bond donors (Lipinski definition) is 3. The first kappa shape index (κ1) is 74.1. The highest BCUT2D eigenvalue weighted by molar-refractivity contribution is 5.76. The summed E-state index contributed by atoms with van der Waals surface area (Å²) < 4.78 is 5.50. The summed E-state index contributed by atoms with van der Waals surface area (Å²) in [6.07, 6.45) is 83.5. The molecule has 0 spiro atoms. The van der Waals surface area contributed by atoms with Crippen molar-refractivity contribution >= 4 is 11.9 Å². The normalized spacial score (nSPS) is 12.7. The molecule has 0 saturated heterocycles. The van der Waals surface area contributed by atoms with Crippen molar-refractivity contribution < 1.29 is 24.5 Å². The maximum atomic E-state index is 12.5. The molecule has 0 aliphatic rings. The van der Waals surface area contributed by atoms with Gasteiger partial charge in [-0.15, -0.1) is 0 Å². The molecule has 0 saturated carbocycles. The Hall–Kier alpha value is -1.92. The van der Waals surface area contributed by atoms with Crippen LogP contribution < -0.4 is 5.32 Å². The minimum atomic E-state index is -0.849. The second kappa shape index (κ2) is 65.6. The standard InChI is InChI=1S/C70H133NO5/c1-3-5-7-9-11-13-15-17-19-21-32-36-40-44-48-52-56-60-64-70(75)76-65-61-57-53-49-45-41-37-33-30-28-26-24-22-23-25-27-29-31-35-39-43-47-51-55-59-63-69(74)71-67(66-72)68(73)62-58-54-50-46-42-38-34-20-18-16-14-12-10-8-6-4-2/h23-26,58,62,67-68,72-73H,3-22,27-57,59-61,63-66H2,1-2H3,(H,71,74)/b25-23-,26-24-,62-58+. The van der Waals surface area contributed by atoms with E-state index in [9.17, 15) is 19.8 Å². The second-order valence-corrected chi connectivity index (χ2v) is 23.5. The molecular weight excluding hydrogens is 935 g/mol. The van der Waals surface area contributed by atoms with Gasteiger partial charge >= 0.3 is 5.97 Å². The van der Waals surface area contributed by atoms with Gasteiger partial charge in [-0.05, 0) is 64.2 Å². The molecule has 2 atom stereocenters. The van der Waals surface area contributed by atoms with Crippen LogP contribution in [0.2, 0.25) is 0 Å². The number of rotatable bonds is 64. The first-order valence-corrected chi connectivity index (χ1v) is 34.3. The third kappa shape index (κ3) is 61.3. The van der Waals surface area contributed by atoms with Gasteiger partial charge < -0.3 is 20.3 Å². The number of aliphatic hydroxyl groups excluding tert-OH is 2. The molecule has 0 heterocycles. The van der Waals surface area contributed by atoms with E-state index in [2.05, 4.69) is 43.5 Å². The van der Waals surface area contributed by atoms with Crippen LogP contribution in [0.1, 0.15) is 373 Å². The fraction of sp³-hybridized carbons (Fsp3) is 0.886. The quantitative estimate of drug-likeness (QED) is 0.0320. The Balaban J connectivity index is 3.43. The van der Waals surface area contributed by atoms with Crippen LogP contribution in [0.15, 0.2) is 36.5 Å². The van der Waals surface area contributed by atoms with Crippen molar-refractivity contribution in [3.05, 3.63) is 36.5 Å². The summed E-state index contributed by atoms with van der Waals surface area (Å²) in [5.74, 6) is -0.0588. The lowest BCUT2D eigenvalue weighted by Gasteiger charge is -2.20. The van der Waals surface area contributed by atoms with Crippen LogP contribution in [0.5, 0.6) is 0 Å². The molecule has 2 unspecified atom stereocenters. The average Bonchev–Trinajstić information content (AvgIpc) is 3.42. The third-order valence-electron chi connectivity index (χ3n) is 15.9. The summed E-state index contributed by atoms with van der Waals surface area (Å²) in [6, 6.07) is -0.633. The number of amides is 1. The molecule has 6 heteroatoms. The summed E-state index contributed by atoms with van der Waals surface area (Å²) in [4.78, 5) is 24.6. The van der Waals surface area contributed by atoms with E-state index in [1.165, 1.54) is 302 Å². The van der Waals surface area contributed by atoms with Crippen LogP contribution in [0.4, 0.5) is 0 Å². The summed E-state index contributed by atoms with van der Waals surface area (Å²) in [6.45, 7) is 4.93. The number of hydrogen-bond acceptors (Lipinski definition) is 5. The molecule has 6 nitrogen and oxygen atoms in total. The molecule has 448 valence electrons. The Morgan fingerprint density at radius 1 is 0.368 bits per heavy atom. The van der Waals surface area contributed by atoms with Crippen molar-refractivity contribution in [1.82, 2.24) is 5.32 Å². The highest BCUT2D eigenvalue weighted by Gasteiger charge is 2.18. The first-order chi connectivity index (χ1) is 37.5. The highest BCUT2D eigenvalue weighted by atomic mass is 16.5. The number of carbonyl (C=O) groups excluding carboxylic acids is 2. The maximum absolute atomic E-state index is 12.5. The number of aliphatic hydroxyl groups is 2. The van der Waals surface area contributed by atoms with E-state index in [-0.39, 0.29) is 18.5 Å². The smallest absolute Gasteiger partial charge is 0.305 e. The van der Waals surface area contributed by atoms with Crippen LogP contribution in [0.3, 0.4) is 0 Å². The zero-order valence-electron chi connectivity index (χ0n) is 51.3. The number of allylic oxidation sites excluding steroid dienone is 5. The molecule has 0 aliphatic heterocycles. The SMILES string of the molecule is CCCCCCCCCCCCCCCC/C=C/C(O)C(CO)NC(=O)CCCCCCCCCCC/C=C\C/C=C\CCCCCCCCCCCOC(=O)CCCCCCCCCCCCCCCCCCCC. The lowest BCUT2D eigenvalue weighted by atomic mass is 10.0. The number of ether oxygens (including phenoxy) is 1. The fourth-order valence-corrected chi connectivity index (χ4v) is 10.7. The van der Waals surface area contributed by atoms with Crippen LogP contribution in [0.25, 0.3) is 0 Å². The lowest BCUT2D eigenvalue weighted by molar-refractivity contribution is -0.143. The van der Waals surface area contributed by atoms with Gasteiger partial charge in [-0.3, -0.25) is 9.59 Å². The molecule has 0 bridgehead atoms. The molecule has 0 aliphatic carbocycles. The summed E-state index contributed by atoms with van der Waals surface area (Å²) >= 11 is 0. The fourth-order valence-electron chi connectivity index (χ4n) is 10.7. The monoisotopic (exact) mass is 1070 g/mol. The lowest BCUT2D eigenvalue weighted by Crippen LogP contribution is -2.45. The Bertz CT molecular complexity index is 1230. The Morgan fingerprint density at radius 2 is 0.658 bits per heavy atom. The molecule has 0 aromatic carbocycles. The third-order valence-corrected chi connectivity index (χ3v) is 15.9. The van der Waals surface area contributed by atoms with Gasteiger partial charge in [0.2, 0.25) is 5.91 Å². The number of esters is 1. The van der Waals surface area contributed by atoms with Gasteiger partial charge in [0.25, 0.3) is 0 Å². The minimum absolute atomic E-state index is 0.0133. The van der Waals surface area contributed by atoms with E-state index in [0.717, 1.165) is 44.9 Å². The molecule has 76 heavy (non-hydrogen) atoms. The van der Waals surface area contributed by atoms with Crippen molar-refractivity contribution in [3.63, 3.8) is 0 Å². The Labute approximate surface area is 474 Å². The van der Waals surface area contributed by atoms with E-state index in [4.69, 9.17) is 4.74 Å². The van der Waals surface area contributed by atoms with Gasteiger partial charge in [-0.1, -0.05) is 333 Å². The second-order valence-electron chi connectivity index (χ2n) is 23.5. The van der Waals surface area contributed by atoms with Gasteiger partial charge in [0.15, 0.2) is 0 Å². The number of unbranched alkanes of at least 4 members (excludes halogenated alkanes) is 49. The molecule has 1 amide bonds. The van der Waals surface area contributed by atoms with Gasteiger partial charge in [0.05, 0.1) is 25.4 Å².